The normalized spacial score (nSPS) is 24.7. The molecule has 122 valence electrons. The second kappa shape index (κ2) is 6.73. The molecule has 1 unspecified atom stereocenters. The van der Waals surface area contributed by atoms with Crippen LogP contribution in [-0.4, -0.2) is 24.8 Å². The standard InChI is InChI=1S/C17H22F2O3/c1-11(2)16(20)21-9-12-7-17(3,22-10-12)8-13-4-5-14(18)6-15(13)19/h4-6,11-12H,7-10H2,1-3H3/t12-,17?/m1/s1. The molecule has 0 N–H and O–H groups in total. The lowest BCUT2D eigenvalue weighted by atomic mass is 9.90. The summed E-state index contributed by atoms with van der Waals surface area (Å²) < 4.78 is 37.7. The topological polar surface area (TPSA) is 35.5 Å². The molecule has 1 aromatic rings. The Morgan fingerprint density at radius 1 is 1.45 bits per heavy atom. The van der Waals surface area contributed by atoms with Crippen LogP contribution < -0.4 is 0 Å². The number of esters is 1. The van der Waals surface area contributed by atoms with Gasteiger partial charge < -0.3 is 9.47 Å². The highest BCUT2D eigenvalue weighted by Gasteiger charge is 2.37. The van der Waals surface area contributed by atoms with Gasteiger partial charge in [0.1, 0.15) is 11.6 Å². The number of hydrogen-bond acceptors (Lipinski definition) is 3. The van der Waals surface area contributed by atoms with Crippen molar-refractivity contribution in [3.8, 4) is 0 Å². The van der Waals surface area contributed by atoms with E-state index in [1.807, 2.05) is 6.92 Å². The first-order chi connectivity index (χ1) is 10.3. The molecule has 2 rings (SSSR count). The molecule has 22 heavy (non-hydrogen) atoms. The van der Waals surface area contributed by atoms with Crippen molar-refractivity contribution < 1.29 is 23.0 Å². The highest BCUT2D eigenvalue weighted by Crippen LogP contribution is 2.33. The minimum Gasteiger partial charge on any atom is -0.465 e. The van der Waals surface area contributed by atoms with Crippen LogP contribution in [0.2, 0.25) is 0 Å². The monoisotopic (exact) mass is 312 g/mol. The summed E-state index contributed by atoms with van der Waals surface area (Å²) in [5.41, 5.74) is -0.0863. The molecule has 0 spiro atoms. The van der Waals surface area contributed by atoms with Crippen molar-refractivity contribution in [3.05, 3.63) is 35.4 Å². The van der Waals surface area contributed by atoms with Crippen LogP contribution in [0.5, 0.6) is 0 Å². The SMILES string of the molecule is CC(C)C(=O)OC[C@@H]1COC(C)(Cc2ccc(F)cc2F)C1. The maximum atomic E-state index is 13.7. The number of carbonyl (C=O) groups excluding carboxylic acids is 1. The molecule has 3 nitrogen and oxygen atoms in total. The molecule has 0 aliphatic carbocycles. The average molecular weight is 312 g/mol. The summed E-state index contributed by atoms with van der Waals surface area (Å²) in [6, 6.07) is 3.58. The summed E-state index contributed by atoms with van der Waals surface area (Å²) in [5.74, 6) is -1.41. The Hall–Kier alpha value is -1.49. The lowest BCUT2D eigenvalue weighted by Gasteiger charge is -2.23. The predicted molar refractivity (Wildman–Crippen MR) is 78.3 cm³/mol. The molecule has 1 aliphatic rings. The van der Waals surface area contributed by atoms with Crippen LogP contribution in [0, 0.1) is 23.5 Å². The van der Waals surface area contributed by atoms with Crippen molar-refractivity contribution in [2.24, 2.45) is 11.8 Å². The van der Waals surface area contributed by atoms with Crippen LogP contribution in [0.4, 0.5) is 8.78 Å². The van der Waals surface area contributed by atoms with Crippen LogP contribution in [0.3, 0.4) is 0 Å². The third kappa shape index (κ3) is 4.26. The fourth-order valence-corrected chi connectivity index (χ4v) is 2.71. The van der Waals surface area contributed by atoms with Gasteiger partial charge in [0.2, 0.25) is 0 Å². The van der Waals surface area contributed by atoms with Gasteiger partial charge in [0, 0.05) is 18.4 Å². The Morgan fingerprint density at radius 3 is 2.82 bits per heavy atom. The highest BCUT2D eigenvalue weighted by atomic mass is 19.1. The van der Waals surface area contributed by atoms with Gasteiger partial charge in [-0.05, 0) is 25.0 Å². The van der Waals surface area contributed by atoms with Gasteiger partial charge in [-0.3, -0.25) is 4.79 Å². The van der Waals surface area contributed by atoms with E-state index in [-0.39, 0.29) is 17.8 Å². The minimum atomic E-state index is -0.586. The molecule has 0 amide bonds. The summed E-state index contributed by atoms with van der Waals surface area (Å²) in [4.78, 5) is 11.5. The molecule has 0 radical (unpaired) electrons. The van der Waals surface area contributed by atoms with E-state index >= 15 is 0 Å². The largest absolute Gasteiger partial charge is 0.465 e. The molecule has 0 bridgehead atoms. The van der Waals surface area contributed by atoms with Crippen LogP contribution >= 0.6 is 0 Å². The van der Waals surface area contributed by atoms with Crippen molar-refractivity contribution in [3.63, 3.8) is 0 Å². The lowest BCUT2D eigenvalue weighted by Crippen LogP contribution is -2.27. The Morgan fingerprint density at radius 2 is 2.18 bits per heavy atom. The van der Waals surface area contributed by atoms with Gasteiger partial charge in [0.15, 0.2) is 0 Å². The molecular formula is C17H22F2O3. The number of hydrogen-bond donors (Lipinski definition) is 0. The van der Waals surface area contributed by atoms with Gasteiger partial charge in [-0.1, -0.05) is 19.9 Å². The molecule has 2 atom stereocenters. The van der Waals surface area contributed by atoms with Crippen LogP contribution in [0.15, 0.2) is 18.2 Å². The van der Waals surface area contributed by atoms with E-state index in [9.17, 15) is 13.6 Å². The lowest BCUT2D eigenvalue weighted by molar-refractivity contribution is -0.148. The Balaban J connectivity index is 1.91. The number of carbonyl (C=O) groups is 1. The first-order valence-electron chi connectivity index (χ1n) is 7.53. The van der Waals surface area contributed by atoms with Crippen molar-refractivity contribution in [2.45, 2.75) is 39.2 Å². The Labute approximate surface area is 129 Å². The van der Waals surface area contributed by atoms with E-state index in [1.165, 1.54) is 12.1 Å². The fourth-order valence-electron chi connectivity index (χ4n) is 2.71. The van der Waals surface area contributed by atoms with Gasteiger partial charge in [-0.15, -0.1) is 0 Å². The number of rotatable bonds is 5. The van der Waals surface area contributed by atoms with E-state index in [0.29, 0.717) is 31.6 Å². The summed E-state index contributed by atoms with van der Waals surface area (Å²) in [6.07, 6.45) is 1.04. The van der Waals surface area contributed by atoms with E-state index in [0.717, 1.165) is 6.07 Å². The summed E-state index contributed by atoms with van der Waals surface area (Å²) >= 11 is 0. The Bertz CT molecular complexity index is 545. The third-order valence-electron chi connectivity index (χ3n) is 3.90. The molecule has 0 aromatic heterocycles. The molecule has 1 aliphatic heterocycles. The van der Waals surface area contributed by atoms with Gasteiger partial charge >= 0.3 is 5.97 Å². The van der Waals surface area contributed by atoms with E-state index < -0.39 is 17.2 Å². The van der Waals surface area contributed by atoms with Crippen molar-refractivity contribution in [1.29, 1.82) is 0 Å². The van der Waals surface area contributed by atoms with Gasteiger partial charge in [0.25, 0.3) is 0 Å². The Kier molecular flexibility index (Phi) is 5.16. The van der Waals surface area contributed by atoms with Gasteiger partial charge in [-0.2, -0.15) is 0 Å². The van der Waals surface area contributed by atoms with Crippen LogP contribution in [0.1, 0.15) is 32.8 Å². The maximum Gasteiger partial charge on any atom is 0.308 e. The van der Waals surface area contributed by atoms with E-state index in [1.54, 1.807) is 13.8 Å². The van der Waals surface area contributed by atoms with E-state index in [4.69, 9.17) is 9.47 Å². The van der Waals surface area contributed by atoms with Crippen molar-refractivity contribution >= 4 is 5.97 Å². The molecule has 5 heteroatoms. The molecule has 1 fully saturated rings. The van der Waals surface area contributed by atoms with Crippen LogP contribution in [0.25, 0.3) is 0 Å². The summed E-state index contributed by atoms with van der Waals surface area (Å²) in [6.45, 7) is 6.27. The highest BCUT2D eigenvalue weighted by molar-refractivity contribution is 5.71. The maximum absolute atomic E-state index is 13.7. The van der Waals surface area contributed by atoms with Crippen molar-refractivity contribution in [1.82, 2.24) is 0 Å². The zero-order chi connectivity index (χ0) is 16.3. The average Bonchev–Trinajstić information content (AvgIpc) is 2.81. The number of benzene rings is 1. The fraction of sp³-hybridized carbons (Fsp3) is 0.588. The first-order valence-corrected chi connectivity index (χ1v) is 7.53. The molecule has 0 saturated carbocycles. The second-order valence-corrected chi connectivity index (χ2v) is 6.53. The molecular weight excluding hydrogens is 290 g/mol. The number of ether oxygens (including phenoxy) is 2. The van der Waals surface area contributed by atoms with Gasteiger partial charge in [0.05, 0.1) is 24.7 Å². The first kappa shape index (κ1) is 16.9. The molecule has 1 saturated heterocycles. The zero-order valence-corrected chi connectivity index (χ0v) is 13.2. The second-order valence-electron chi connectivity index (χ2n) is 6.53. The van der Waals surface area contributed by atoms with Gasteiger partial charge in [-0.25, -0.2) is 8.78 Å². The smallest absolute Gasteiger partial charge is 0.308 e. The molecule has 1 aromatic carbocycles. The molecule has 1 heterocycles. The number of halogens is 2. The third-order valence-corrected chi connectivity index (χ3v) is 3.90. The zero-order valence-electron chi connectivity index (χ0n) is 13.2. The summed E-state index contributed by atoms with van der Waals surface area (Å²) in [7, 11) is 0. The minimum absolute atomic E-state index is 0.108. The van der Waals surface area contributed by atoms with Crippen molar-refractivity contribution in [2.75, 3.05) is 13.2 Å². The quantitative estimate of drug-likeness (QED) is 0.781. The van der Waals surface area contributed by atoms with E-state index in [2.05, 4.69) is 0 Å². The predicted octanol–water partition coefficient (Wildman–Crippen LogP) is 3.50. The summed E-state index contributed by atoms with van der Waals surface area (Å²) in [5, 5.41) is 0. The van der Waals surface area contributed by atoms with Crippen LogP contribution in [-0.2, 0) is 20.7 Å².